The van der Waals surface area contributed by atoms with E-state index in [0.29, 0.717) is 22.2 Å². The van der Waals surface area contributed by atoms with Crippen LogP contribution in [-0.4, -0.2) is 21.2 Å². The number of aryl methyl sites for hydroxylation is 3. The van der Waals surface area contributed by atoms with E-state index in [0.717, 1.165) is 16.7 Å². The first-order valence-electron chi connectivity index (χ1n) is 10.3. The molecule has 0 aliphatic rings. The van der Waals surface area contributed by atoms with Crippen molar-refractivity contribution in [2.75, 3.05) is 5.32 Å². The van der Waals surface area contributed by atoms with Crippen molar-refractivity contribution < 1.29 is 9.59 Å². The van der Waals surface area contributed by atoms with Gasteiger partial charge >= 0.3 is 0 Å². The van der Waals surface area contributed by atoms with Crippen molar-refractivity contribution in [3.8, 4) is 0 Å². The van der Waals surface area contributed by atoms with E-state index >= 15 is 0 Å². The summed E-state index contributed by atoms with van der Waals surface area (Å²) in [6, 6.07) is 14.3. The predicted molar refractivity (Wildman–Crippen MR) is 125 cm³/mol. The fourth-order valence-electron chi connectivity index (χ4n) is 3.59. The lowest BCUT2D eigenvalue weighted by atomic mass is 10.0. The number of benzene rings is 2. The number of anilines is 1. The minimum atomic E-state index is -0.398. The van der Waals surface area contributed by atoms with E-state index in [9.17, 15) is 14.4 Å². The zero-order chi connectivity index (χ0) is 22.8. The van der Waals surface area contributed by atoms with Gasteiger partial charge in [-0.2, -0.15) is 0 Å². The third-order valence-corrected chi connectivity index (χ3v) is 5.53. The lowest BCUT2D eigenvalue weighted by Crippen LogP contribution is -2.24. The molecule has 0 atom stereocenters. The molecule has 0 spiro atoms. The largest absolute Gasteiger partial charge is 0.337 e. The van der Waals surface area contributed by atoms with E-state index in [-0.39, 0.29) is 23.4 Å². The molecule has 0 saturated heterocycles. The molecular formula is C26H23N3O3. The van der Waals surface area contributed by atoms with Crippen LogP contribution in [0.2, 0.25) is 0 Å². The Morgan fingerprint density at radius 3 is 2.28 bits per heavy atom. The van der Waals surface area contributed by atoms with Crippen LogP contribution in [0.15, 0.2) is 71.9 Å². The molecule has 0 unspecified atom stereocenters. The summed E-state index contributed by atoms with van der Waals surface area (Å²) in [4.78, 5) is 43.0. The van der Waals surface area contributed by atoms with Gasteiger partial charge in [0.15, 0.2) is 5.78 Å². The molecule has 2 aromatic heterocycles. The van der Waals surface area contributed by atoms with Crippen LogP contribution in [0.1, 0.15) is 32.6 Å². The molecule has 4 aromatic rings. The highest BCUT2D eigenvalue weighted by Crippen LogP contribution is 2.19. The Balaban J connectivity index is 1.79. The van der Waals surface area contributed by atoms with Gasteiger partial charge in [0.1, 0.15) is 6.54 Å². The number of hydrogen-bond acceptors (Lipinski definition) is 4. The van der Waals surface area contributed by atoms with Crippen LogP contribution >= 0.6 is 0 Å². The average Bonchev–Trinajstić information content (AvgIpc) is 2.78. The molecule has 160 valence electrons. The topological polar surface area (TPSA) is 81.1 Å². The number of hydrogen-bond donors (Lipinski definition) is 1. The summed E-state index contributed by atoms with van der Waals surface area (Å²) < 4.78 is 1.67. The Hall–Kier alpha value is -4.06. The van der Waals surface area contributed by atoms with Crippen LogP contribution in [-0.2, 0) is 11.3 Å². The molecule has 1 N–H and O–H groups in total. The molecule has 0 saturated carbocycles. The summed E-state index contributed by atoms with van der Waals surface area (Å²) in [5.74, 6) is -0.649. The van der Waals surface area contributed by atoms with Crippen LogP contribution in [0.5, 0.6) is 0 Å². The van der Waals surface area contributed by atoms with Crippen molar-refractivity contribution in [2.24, 2.45) is 0 Å². The van der Waals surface area contributed by atoms with Gasteiger partial charge < -0.3 is 9.88 Å². The number of carbonyl (C=O) groups is 2. The standard InChI is InChI=1S/C26H23N3O3/c1-16-4-6-20(7-5-16)28-24(30)15-29-14-22(25(31)19-8-10-27-11-9-19)26(32)21-12-17(2)18(3)13-23(21)29/h4-14H,15H2,1-3H3,(H,28,30). The predicted octanol–water partition coefficient (Wildman–Crippen LogP) is 4.19. The number of amides is 1. The van der Waals surface area contributed by atoms with Gasteiger partial charge in [-0.25, -0.2) is 0 Å². The molecule has 0 fully saturated rings. The van der Waals surface area contributed by atoms with Crippen LogP contribution in [0, 0.1) is 20.8 Å². The van der Waals surface area contributed by atoms with Gasteiger partial charge in [-0.15, -0.1) is 0 Å². The van der Waals surface area contributed by atoms with E-state index in [2.05, 4.69) is 10.3 Å². The average molecular weight is 425 g/mol. The lowest BCUT2D eigenvalue weighted by molar-refractivity contribution is -0.116. The molecule has 4 rings (SSSR count). The third-order valence-electron chi connectivity index (χ3n) is 5.53. The first kappa shape index (κ1) is 21.2. The van der Waals surface area contributed by atoms with E-state index in [1.807, 2.05) is 51.1 Å². The van der Waals surface area contributed by atoms with Crippen LogP contribution < -0.4 is 10.7 Å². The van der Waals surface area contributed by atoms with Crippen molar-refractivity contribution >= 4 is 28.3 Å². The molecule has 1 amide bonds. The van der Waals surface area contributed by atoms with Gasteiger partial charge in [-0.3, -0.25) is 19.4 Å². The smallest absolute Gasteiger partial charge is 0.244 e. The van der Waals surface area contributed by atoms with Crippen molar-refractivity contribution in [1.29, 1.82) is 0 Å². The van der Waals surface area contributed by atoms with Crippen molar-refractivity contribution in [3.05, 3.63) is 105 Å². The Labute approximate surface area is 185 Å². The first-order chi connectivity index (χ1) is 15.3. The highest BCUT2D eigenvalue weighted by molar-refractivity contribution is 6.10. The Bertz CT molecular complexity index is 1390. The maximum absolute atomic E-state index is 13.2. The number of aromatic nitrogens is 2. The van der Waals surface area contributed by atoms with Crippen molar-refractivity contribution in [2.45, 2.75) is 27.3 Å². The molecule has 0 aliphatic carbocycles. The minimum Gasteiger partial charge on any atom is -0.337 e. The molecular weight excluding hydrogens is 402 g/mol. The number of pyridine rings is 2. The second-order valence-electron chi connectivity index (χ2n) is 7.93. The van der Waals surface area contributed by atoms with E-state index in [1.165, 1.54) is 18.6 Å². The van der Waals surface area contributed by atoms with Crippen LogP contribution in [0.25, 0.3) is 10.9 Å². The van der Waals surface area contributed by atoms with Gasteiger partial charge in [-0.1, -0.05) is 17.7 Å². The van der Waals surface area contributed by atoms with E-state index in [4.69, 9.17) is 0 Å². The SMILES string of the molecule is Cc1ccc(NC(=O)Cn2cc(C(=O)c3ccncc3)c(=O)c3cc(C)c(C)cc32)cc1. The lowest BCUT2D eigenvalue weighted by Gasteiger charge is -2.15. The molecule has 2 heterocycles. The third kappa shape index (κ3) is 4.21. The van der Waals surface area contributed by atoms with Gasteiger partial charge in [0, 0.05) is 35.2 Å². The van der Waals surface area contributed by atoms with E-state index in [1.54, 1.807) is 22.8 Å². The van der Waals surface area contributed by atoms with Gasteiger partial charge in [0.25, 0.3) is 0 Å². The first-order valence-corrected chi connectivity index (χ1v) is 10.3. The fourth-order valence-corrected chi connectivity index (χ4v) is 3.59. The number of carbonyl (C=O) groups excluding carboxylic acids is 2. The maximum Gasteiger partial charge on any atom is 0.244 e. The van der Waals surface area contributed by atoms with E-state index < -0.39 is 5.78 Å². The Kier molecular flexibility index (Phi) is 5.69. The summed E-state index contributed by atoms with van der Waals surface area (Å²) >= 11 is 0. The Morgan fingerprint density at radius 2 is 1.59 bits per heavy atom. The van der Waals surface area contributed by atoms with Crippen molar-refractivity contribution in [1.82, 2.24) is 9.55 Å². The van der Waals surface area contributed by atoms with Crippen LogP contribution in [0.3, 0.4) is 0 Å². The monoisotopic (exact) mass is 425 g/mol. The molecule has 0 radical (unpaired) electrons. The maximum atomic E-state index is 13.2. The highest BCUT2D eigenvalue weighted by Gasteiger charge is 2.19. The summed E-state index contributed by atoms with van der Waals surface area (Å²) in [7, 11) is 0. The number of nitrogens with zero attached hydrogens (tertiary/aromatic N) is 2. The number of rotatable bonds is 5. The highest BCUT2D eigenvalue weighted by atomic mass is 16.2. The summed E-state index contributed by atoms with van der Waals surface area (Å²) in [6.07, 6.45) is 4.50. The molecule has 32 heavy (non-hydrogen) atoms. The van der Waals surface area contributed by atoms with Gasteiger partial charge in [-0.05, 0) is 68.3 Å². The van der Waals surface area contributed by atoms with Gasteiger partial charge in [0.05, 0.1) is 11.1 Å². The molecule has 2 aromatic carbocycles. The summed E-state index contributed by atoms with van der Waals surface area (Å²) in [5.41, 5.74) is 4.39. The molecule has 0 bridgehead atoms. The second-order valence-corrected chi connectivity index (χ2v) is 7.93. The molecule has 6 nitrogen and oxygen atoms in total. The van der Waals surface area contributed by atoms with Crippen LogP contribution in [0.4, 0.5) is 5.69 Å². The van der Waals surface area contributed by atoms with Gasteiger partial charge in [0.2, 0.25) is 11.3 Å². The quantitative estimate of drug-likeness (QED) is 0.486. The van der Waals surface area contributed by atoms with Crippen molar-refractivity contribution in [3.63, 3.8) is 0 Å². The zero-order valence-electron chi connectivity index (χ0n) is 18.2. The summed E-state index contributed by atoms with van der Waals surface area (Å²) in [6.45, 7) is 5.81. The zero-order valence-corrected chi connectivity index (χ0v) is 18.2. The number of fused-ring (bicyclic) bond motifs is 1. The normalized spacial score (nSPS) is 10.8. The summed E-state index contributed by atoms with van der Waals surface area (Å²) in [5, 5.41) is 3.29. The number of ketones is 1. The second kappa shape index (κ2) is 8.59. The molecule has 0 aliphatic heterocycles. The minimum absolute atomic E-state index is 0.0232. The Morgan fingerprint density at radius 1 is 0.938 bits per heavy atom. The number of nitrogens with one attached hydrogen (secondary N) is 1. The molecule has 6 heteroatoms. The fraction of sp³-hybridized carbons (Fsp3) is 0.154.